The number of rotatable bonds is 13. The number of carbonyl (C=O) groups excluding carboxylic acids is 1. The number of nitrogens with one attached hydrogen (secondary N) is 1. The van der Waals surface area contributed by atoms with E-state index in [1.807, 2.05) is 12.1 Å². The van der Waals surface area contributed by atoms with Gasteiger partial charge in [-0.15, -0.1) is 0 Å². The van der Waals surface area contributed by atoms with Crippen LogP contribution in [-0.4, -0.2) is 28.5 Å². The number of allylic oxidation sites excluding steroid dienone is 1. The van der Waals surface area contributed by atoms with E-state index in [4.69, 9.17) is 5.11 Å². The summed E-state index contributed by atoms with van der Waals surface area (Å²) in [5.41, 5.74) is 1.33. The second-order valence-electron chi connectivity index (χ2n) is 6.19. The van der Waals surface area contributed by atoms with E-state index < -0.39 is 5.97 Å². The number of pyridine rings is 1. The van der Waals surface area contributed by atoms with Gasteiger partial charge in [-0.1, -0.05) is 57.2 Å². The average Bonchev–Trinajstić information content (AvgIpc) is 2.61. The molecule has 0 aliphatic carbocycles. The first-order chi connectivity index (χ1) is 12.1. The Labute approximate surface area is 150 Å². The molecule has 25 heavy (non-hydrogen) atoms. The Morgan fingerprint density at radius 1 is 1.12 bits per heavy atom. The highest BCUT2D eigenvalue weighted by atomic mass is 16.4. The van der Waals surface area contributed by atoms with Gasteiger partial charge in [0, 0.05) is 19.2 Å². The van der Waals surface area contributed by atoms with Crippen LogP contribution in [0.3, 0.4) is 0 Å². The molecule has 0 aromatic carbocycles. The molecule has 1 heterocycles. The standard InChI is InChI=1S/C20H30N2O3/c1-2-3-4-5-6-7-8-9-11-17-13-14-18(22-16-17)20(25)21-15-10-12-19(23)24/h9,11,13-14,16H,2-8,10,12,15H2,1H3,(H,21,25)(H,23,24)/b11-9-. The zero-order valence-corrected chi connectivity index (χ0v) is 15.2. The molecule has 0 atom stereocenters. The van der Waals surface area contributed by atoms with E-state index in [1.54, 1.807) is 12.3 Å². The predicted octanol–water partition coefficient (Wildman–Crippen LogP) is 4.44. The number of amides is 1. The Morgan fingerprint density at radius 2 is 1.88 bits per heavy atom. The first-order valence-electron chi connectivity index (χ1n) is 9.26. The van der Waals surface area contributed by atoms with Crippen molar-refractivity contribution in [3.8, 4) is 0 Å². The lowest BCUT2D eigenvalue weighted by atomic mass is 10.1. The molecular formula is C20H30N2O3. The lowest BCUT2D eigenvalue weighted by Crippen LogP contribution is -2.25. The second kappa shape index (κ2) is 13.2. The molecule has 5 heteroatoms. The van der Waals surface area contributed by atoms with Crippen LogP contribution in [0.15, 0.2) is 24.4 Å². The smallest absolute Gasteiger partial charge is 0.303 e. The molecule has 1 aromatic heterocycles. The van der Waals surface area contributed by atoms with Gasteiger partial charge in [-0.3, -0.25) is 14.6 Å². The third-order valence-electron chi connectivity index (χ3n) is 3.91. The summed E-state index contributed by atoms with van der Waals surface area (Å²) in [4.78, 5) is 26.4. The van der Waals surface area contributed by atoms with Crippen molar-refractivity contribution in [3.05, 3.63) is 35.7 Å². The Morgan fingerprint density at radius 3 is 2.56 bits per heavy atom. The number of unbranched alkanes of at least 4 members (excludes halogenated alkanes) is 6. The quantitative estimate of drug-likeness (QED) is 0.518. The normalized spacial score (nSPS) is 10.9. The summed E-state index contributed by atoms with van der Waals surface area (Å²) >= 11 is 0. The van der Waals surface area contributed by atoms with Crippen molar-refractivity contribution in [1.82, 2.24) is 10.3 Å². The molecule has 1 aromatic rings. The number of hydrogen-bond acceptors (Lipinski definition) is 3. The van der Waals surface area contributed by atoms with Gasteiger partial charge in [0.25, 0.3) is 5.91 Å². The van der Waals surface area contributed by atoms with Crippen molar-refractivity contribution < 1.29 is 14.7 Å². The van der Waals surface area contributed by atoms with Gasteiger partial charge in [0.2, 0.25) is 0 Å². The molecule has 1 amide bonds. The molecule has 5 nitrogen and oxygen atoms in total. The van der Waals surface area contributed by atoms with E-state index in [9.17, 15) is 9.59 Å². The third kappa shape index (κ3) is 10.3. The summed E-state index contributed by atoms with van der Waals surface area (Å²) in [5, 5.41) is 11.2. The van der Waals surface area contributed by atoms with Crippen LogP contribution in [0.1, 0.15) is 80.8 Å². The van der Waals surface area contributed by atoms with Crippen LogP contribution in [0.4, 0.5) is 0 Å². The number of nitrogens with zero attached hydrogens (tertiary/aromatic N) is 1. The monoisotopic (exact) mass is 346 g/mol. The van der Waals surface area contributed by atoms with Crippen LogP contribution in [0.25, 0.3) is 6.08 Å². The van der Waals surface area contributed by atoms with Gasteiger partial charge in [-0.05, 0) is 30.9 Å². The minimum absolute atomic E-state index is 0.0516. The van der Waals surface area contributed by atoms with E-state index in [-0.39, 0.29) is 12.3 Å². The molecule has 0 aliphatic heterocycles. The van der Waals surface area contributed by atoms with Gasteiger partial charge in [0.05, 0.1) is 0 Å². The van der Waals surface area contributed by atoms with Gasteiger partial charge >= 0.3 is 5.97 Å². The molecule has 1 rings (SSSR count). The lowest BCUT2D eigenvalue weighted by Gasteiger charge is -2.03. The highest BCUT2D eigenvalue weighted by Gasteiger charge is 2.06. The van der Waals surface area contributed by atoms with E-state index in [2.05, 4.69) is 23.3 Å². The van der Waals surface area contributed by atoms with E-state index in [1.165, 1.54) is 38.5 Å². The van der Waals surface area contributed by atoms with Crippen LogP contribution in [0.5, 0.6) is 0 Å². The summed E-state index contributed by atoms with van der Waals surface area (Å²) in [7, 11) is 0. The Hall–Kier alpha value is -2.17. The van der Waals surface area contributed by atoms with Crippen molar-refractivity contribution in [2.75, 3.05) is 6.54 Å². The van der Waals surface area contributed by atoms with E-state index in [0.717, 1.165) is 12.0 Å². The number of hydrogen-bond donors (Lipinski definition) is 2. The first-order valence-corrected chi connectivity index (χ1v) is 9.26. The lowest BCUT2D eigenvalue weighted by molar-refractivity contribution is -0.137. The predicted molar refractivity (Wildman–Crippen MR) is 100 cm³/mol. The average molecular weight is 346 g/mol. The SMILES string of the molecule is CCCCCCCC/C=C\c1ccc(C(=O)NCCCC(=O)O)nc1. The maximum Gasteiger partial charge on any atom is 0.303 e. The van der Waals surface area contributed by atoms with E-state index in [0.29, 0.717) is 18.7 Å². The summed E-state index contributed by atoms with van der Waals surface area (Å²) < 4.78 is 0. The van der Waals surface area contributed by atoms with Crippen LogP contribution < -0.4 is 5.32 Å². The fraction of sp³-hybridized carbons (Fsp3) is 0.550. The molecule has 0 fully saturated rings. The van der Waals surface area contributed by atoms with E-state index >= 15 is 0 Å². The van der Waals surface area contributed by atoms with Gasteiger partial charge in [0.15, 0.2) is 0 Å². The summed E-state index contributed by atoms with van der Waals surface area (Å²) in [5.74, 6) is -1.13. The zero-order chi connectivity index (χ0) is 18.3. The molecule has 0 spiro atoms. The molecule has 0 bridgehead atoms. The molecule has 138 valence electrons. The molecule has 0 unspecified atom stereocenters. The molecular weight excluding hydrogens is 316 g/mol. The molecule has 2 N–H and O–H groups in total. The minimum Gasteiger partial charge on any atom is -0.481 e. The second-order valence-corrected chi connectivity index (χ2v) is 6.19. The van der Waals surface area contributed by atoms with Crippen molar-refractivity contribution in [2.24, 2.45) is 0 Å². The van der Waals surface area contributed by atoms with Crippen LogP contribution in [0.2, 0.25) is 0 Å². The fourth-order valence-electron chi connectivity index (χ4n) is 2.43. The summed E-state index contributed by atoms with van der Waals surface area (Å²) in [6.45, 7) is 2.57. The molecule has 0 saturated carbocycles. The first kappa shape index (κ1) is 20.9. The maximum absolute atomic E-state index is 11.9. The molecule has 0 saturated heterocycles. The van der Waals surface area contributed by atoms with Crippen molar-refractivity contribution >= 4 is 18.0 Å². The van der Waals surface area contributed by atoms with Crippen LogP contribution in [0, 0.1) is 0 Å². The Balaban J connectivity index is 2.24. The number of carboxylic acids is 1. The van der Waals surface area contributed by atoms with Crippen LogP contribution in [-0.2, 0) is 4.79 Å². The Bertz CT molecular complexity index is 538. The fourth-order valence-corrected chi connectivity index (χ4v) is 2.43. The molecule has 0 aliphatic rings. The summed E-state index contributed by atoms with van der Waals surface area (Å²) in [6, 6.07) is 3.56. The van der Waals surface area contributed by atoms with Gasteiger partial charge in [-0.25, -0.2) is 0 Å². The van der Waals surface area contributed by atoms with Gasteiger partial charge < -0.3 is 10.4 Å². The van der Waals surface area contributed by atoms with Gasteiger partial charge in [-0.2, -0.15) is 0 Å². The Kier molecular flexibility index (Phi) is 11.0. The highest BCUT2D eigenvalue weighted by molar-refractivity contribution is 5.92. The summed E-state index contributed by atoms with van der Waals surface area (Å²) in [6.07, 6.45) is 15.2. The van der Waals surface area contributed by atoms with Crippen molar-refractivity contribution in [3.63, 3.8) is 0 Å². The number of carboxylic acid groups (broad SMARTS) is 1. The van der Waals surface area contributed by atoms with Crippen LogP contribution >= 0.6 is 0 Å². The number of aliphatic carboxylic acids is 1. The zero-order valence-electron chi connectivity index (χ0n) is 15.2. The number of aromatic nitrogens is 1. The van der Waals surface area contributed by atoms with Crippen molar-refractivity contribution in [1.29, 1.82) is 0 Å². The maximum atomic E-state index is 11.9. The van der Waals surface area contributed by atoms with Crippen molar-refractivity contribution in [2.45, 2.75) is 64.7 Å². The number of carbonyl (C=O) groups is 2. The highest BCUT2D eigenvalue weighted by Crippen LogP contribution is 2.09. The minimum atomic E-state index is -0.857. The largest absolute Gasteiger partial charge is 0.481 e. The topological polar surface area (TPSA) is 79.3 Å². The third-order valence-corrected chi connectivity index (χ3v) is 3.91. The van der Waals surface area contributed by atoms with Gasteiger partial charge in [0.1, 0.15) is 5.69 Å². The molecule has 0 radical (unpaired) electrons.